The smallest absolute Gasteiger partial charge is 0.322 e. The van der Waals surface area contributed by atoms with Crippen molar-refractivity contribution in [1.82, 2.24) is 19.9 Å². The summed E-state index contributed by atoms with van der Waals surface area (Å²) in [6, 6.07) is 0.513. The third kappa shape index (κ3) is 4.95. The lowest BCUT2D eigenvalue weighted by molar-refractivity contribution is 0.339. The van der Waals surface area contributed by atoms with E-state index in [9.17, 15) is 0 Å². The first kappa shape index (κ1) is 13.6. The molecule has 0 amide bonds. The van der Waals surface area contributed by atoms with Crippen LogP contribution in [0.5, 0.6) is 12.0 Å². The van der Waals surface area contributed by atoms with Crippen LogP contribution in [0.15, 0.2) is 6.33 Å². The standard InChI is InChI=1S/C6H13N.C5H7N3O2/c1-2-7-5-3-4-6-7;1-9-4-6-3-7-5(8-4)10-2/h2-6H2,1H3;3H,1-2H3. The highest BCUT2D eigenvalue weighted by molar-refractivity contribution is 4.98. The van der Waals surface area contributed by atoms with Gasteiger partial charge in [-0.25, -0.2) is 0 Å². The topological polar surface area (TPSA) is 60.4 Å². The van der Waals surface area contributed by atoms with E-state index in [0.717, 1.165) is 0 Å². The van der Waals surface area contributed by atoms with Crippen LogP contribution in [0.25, 0.3) is 0 Å². The van der Waals surface area contributed by atoms with E-state index in [1.807, 2.05) is 0 Å². The minimum Gasteiger partial charge on any atom is -0.467 e. The molecule has 1 fully saturated rings. The van der Waals surface area contributed by atoms with Crippen LogP contribution in [0.2, 0.25) is 0 Å². The van der Waals surface area contributed by atoms with Crippen molar-refractivity contribution in [2.24, 2.45) is 0 Å². The van der Waals surface area contributed by atoms with Gasteiger partial charge in [-0.1, -0.05) is 6.92 Å². The average molecular weight is 240 g/mol. The lowest BCUT2D eigenvalue weighted by Gasteiger charge is -2.08. The molecular weight excluding hydrogens is 220 g/mol. The molecule has 0 saturated carbocycles. The highest BCUT2D eigenvalue weighted by atomic mass is 16.5. The molecule has 0 aromatic carbocycles. The maximum Gasteiger partial charge on any atom is 0.322 e. The van der Waals surface area contributed by atoms with Crippen LogP contribution in [0.3, 0.4) is 0 Å². The van der Waals surface area contributed by atoms with Gasteiger partial charge in [-0.3, -0.25) is 0 Å². The van der Waals surface area contributed by atoms with Gasteiger partial charge in [0, 0.05) is 0 Å². The summed E-state index contributed by atoms with van der Waals surface area (Å²) in [5, 5.41) is 0. The van der Waals surface area contributed by atoms with Crippen molar-refractivity contribution >= 4 is 0 Å². The summed E-state index contributed by atoms with van der Waals surface area (Å²) in [6.07, 6.45) is 4.17. The molecule has 96 valence electrons. The van der Waals surface area contributed by atoms with Gasteiger partial charge in [0.2, 0.25) is 0 Å². The number of rotatable bonds is 3. The van der Waals surface area contributed by atoms with Gasteiger partial charge in [0.1, 0.15) is 6.33 Å². The first-order valence-electron chi connectivity index (χ1n) is 5.79. The molecule has 0 bridgehead atoms. The number of likely N-dealkylation sites (tertiary alicyclic amines) is 1. The fourth-order valence-corrected chi connectivity index (χ4v) is 1.56. The maximum absolute atomic E-state index is 4.71. The Kier molecular flexibility index (Phi) is 6.24. The highest BCUT2D eigenvalue weighted by Crippen LogP contribution is 2.05. The van der Waals surface area contributed by atoms with Crippen LogP contribution in [-0.4, -0.2) is 53.7 Å². The molecule has 0 radical (unpaired) electrons. The minimum absolute atomic E-state index is 0.256. The van der Waals surface area contributed by atoms with Gasteiger partial charge in [-0.15, -0.1) is 4.98 Å². The second kappa shape index (κ2) is 7.78. The van der Waals surface area contributed by atoms with E-state index in [-0.39, 0.29) is 12.0 Å². The molecule has 1 aliphatic heterocycles. The SMILES string of the molecule is CCN1CCCC1.COc1ncnc(OC)n1. The van der Waals surface area contributed by atoms with Crippen molar-refractivity contribution in [3.05, 3.63) is 6.33 Å². The molecule has 0 spiro atoms. The third-order valence-corrected chi connectivity index (χ3v) is 2.54. The zero-order chi connectivity index (χ0) is 12.5. The Labute approximate surface area is 102 Å². The molecule has 6 heteroatoms. The predicted octanol–water partition coefficient (Wildman–Crippen LogP) is 0.991. The van der Waals surface area contributed by atoms with Crippen molar-refractivity contribution in [1.29, 1.82) is 0 Å². The molecule has 1 aromatic heterocycles. The van der Waals surface area contributed by atoms with E-state index < -0.39 is 0 Å². The second-order valence-corrected chi connectivity index (χ2v) is 3.60. The Balaban J connectivity index is 0.000000181. The Bertz CT molecular complexity index is 297. The molecule has 2 rings (SSSR count). The third-order valence-electron chi connectivity index (χ3n) is 2.54. The molecule has 1 aromatic rings. The number of methoxy groups -OCH3 is 2. The van der Waals surface area contributed by atoms with Crippen LogP contribution >= 0.6 is 0 Å². The molecule has 1 aliphatic rings. The average Bonchev–Trinajstić information content (AvgIpc) is 2.92. The summed E-state index contributed by atoms with van der Waals surface area (Å²) in [5.74, 6) is 0. The largest absolute Gasteiger partial charge is 0.467 e. The van der Waals surface area contributed by atoms with E-state index in [1.54, 1.807) is 0 Å². The van der Waals surface area contributed by atoms with E-state index in [4.69, 9.17) is 9.47 Å². The fourth-order valence-electron chi connectivity index (χ4n) is 1.56. The molecule has 2 heterocycles. The van der Waals surface area contributed by atoms with E-state index >= 15 is 0 Å². The van der Waals surface area contributed by atoms with Gasteiger partial charge in [0.15, 0.2) is 0 Å². The molecule has 0 atom stereocenters. The number of hydrogen-bond donors (Lipinski definition) is 0. The summed E-state index contributed by atoms with van der Waals surface area (Å²) < 4.78 is 9.43. The molecule has 0 aliphatic carbocycles. The summed E-state index contributed by atoms with van der Waals surface area (Å²) in [5.41, 5.74) is 0. The molecule has 6 nitrogen and oxygen atoms in total. The van der Waals surface area contributed by atoms with Gasteiger partial charge in [-0.2, -0.15) is 9.97 Å². The van der Waals surface area contributed by atoms with Crippen LogP contribution in [0.4, 0.5) is 0 Å². The van der Waals surface area contributed by atoms with Gasteiger partial charge in [0.25, 0.3) is 0 Å². The van der Waals surface area contributed by atoms with Crippen molar-refractivity contribution < 1.29 is 9.47 Å². The van der Waals surface area contributed by atoms with Gasteiger partial charge in [0.05, 0.1) is 14.2 Å². The summed E-state index contributed by atoms with van der Waals surface area (Å²) in [4.78, 5) is 13.6. The second-order valence-electron chi connectivity index (χ2n) is 3.60. The molecule has 17 heavy (non-hydrogen) atoms. The quantitative estimate of drug-likeness (QED) is 0.785. The van der Waals surface area contributed by atoms with E-state index in [2.05, 4.69) is 26.8 Å². The minimum atomic E-state index is 0.256. The Hall–Kier alpha value is -1.43. The Morgan fingerprint density at radius 3 is 2.00 bits per heavy atom. The van der Waals surface area contributed by atoms with Gasteiger partial charge in [-0.05, 0) is 32.5 Å². The van der Waals surface area contributed by atoms with Gasteiger partial charge >= 0.3 is 12.0 Å². The molecular formula is C11H20N4O2. The zero-order valence-corrected chi connectivity index (χ0v) is 10.7. The normalized spacial score (nSPS) is 15.0. The zero-order valence-electron chi connectivity index (χ0n) is 10.7. The van der Waals surface area contributed by atoms with E-state index in [0.29, 0.717) is 0 Å². The monoisotopic (exact) mass is 240 g/mol. The van der Waals surface area contributed by atoms with Crippen molar-refractivity contribution in [2.75, 3.05) is 33.9 Å². The Morgan fingerprint density at radius 2 is 1.65 bits per heavy atom. The fraction of sp³-hybridized carbons (Fsp3) is 0.727. The number of hydrogen-bond acceptors (Lipinski definition) is 6. The highest BCUT2D eigenvalue weighted by Gasteiger charge is 2.06. The summed E-state index contributed by atoms with van der Waals surface area (Å²) in [7, 11) is 2.96. The number of nitrogens with zero attached hydrogens (tertiary/aromatic N) is 4. The van der Waals surface area contributed by atoms with Gasteiger partial charge < -0.3 is 14.4 Å². The molecule has 1 saturated heterocycles. The van der Waals surface area contributed by atoms with Crippen molar-refractivity contribution in [2.45, 2.75) is 19.8 Å². The van der Waals surface area contributed by atoms with Crippen LogP contribution < -0.4 is 9.47 Å². The molecule has 0 N–H and O–H groups in total. The van der Waals surface area contributed by atoms with Crippen LogP contribution in [0.1, 0.15) is 19.8 Å². The maximum atomic E-state index is 4.71. The van der Waals surface area contributed by atoms with Crippen molar-refractivity contribution in [3.8, 4) is 12.0 Å². The lowest BCUT2D eigenvalue weighted by atomic mass is 10.4. The van der Waals surface area contributed by atoms with Crippen LogP contribution in [0, 0.1) is 0 Å². The van der Waals surface area contributed by atoms with Crippen LogP contribution in [-0.2, 0) is 0 Å². The molecule has 0 unspecified atom stereocenters. The lowest BCUT2D eigenvalue weighted by Crippen LogP contribution is -2.17. The van der Waals surface area contributed by atoms with E-state index in [1.165, 1.54) is 53.0 Å². The number of ether oxygens (including phenoxy) is 2. The summed E-state index contributed by atoms with van der Waals surface area (Å²) in [6.45, 7) is 6.16. The Morgan fingerprint density at radius 1 is 1.12 bits per heavy atom. The number of aromatic nitrogens is 3. The predicted molar refractivity (Wildman–Crippen MR) is 64.3 cm³/mol. The first-order valence-corrected chi connectivity index (χ1v) is 5.79. The summed E-state index contributed by atoms with van der Waals surface area (Å²) >= 11 is 0. The van der Waals surface area contributed by atoms with Crippen molar-refractivity contribution in [3.63, 3.8) is 0 Å². The first-order chi connectivity index (χ1) is 8.30.